The highest BCUT2D eigenvalue weighted by atomic mass is 16.6. The first-order valence-electron chi connectivity index (χ1n) is 14.1. The van der Waals surface area contributed by atoms with Crippen molar-refractivity contribution in [1.82, 2.24) is 24.3 Å². The van der Waals surface area contributed by atoms with E-state index in [0.29, 0.717) is 23.4 Å². The Bertz CT molecular complexity index is 1460. The number of piperidine rings is 1. The van der Waals surface area contributed by atoms with Crippen LogP contribution in [0.15, 0.2) is 30.6 Å². The molecule has 2 unspecified atom stereocenters. The van der Waals surface area contributed by atoms with E-state index < -0.39 is 5.60 Å². The molecule has 1 saturated carbocycles. The molecule has 1 N–H and O–H groups in total. The van der Waals surface area contributed by atoms with E-state index >= 15 is 0 Å². The fraction of sp³-hybridized carbons (Fsp3) is 0.533. The number of nitrogens with zero attached hydrogens (tertiary/aromatic N) is 5. The second-order valence-electron chi connectivity index (χ2n) is 12.4. The molecule has 2 bridgehead atoms. The summed E-state index contributed by atoms with van der Waals surface area (Å²) in [6.45, 7) is 8.23. The molecule has 7 rings (SSSR count). The van der Waals surface area contributed by atoms with Crippen LogP contribution in [0.5, 0.6) is 11.6 Å². The van der Waals surface area contributed by atoms with Crippen molar-refractivity contribution in [3.63, 3.8) is 0 Å². The molecule has 4 aliphatic rings. The Labute approximate surface area is 239 Å². The molecule has 3 aromatic rings. The van der Waals surface area contributed by atoms with E-state index in [1.54, 1.807) is 32.7 Å². The van der Waals surface area contributed by atoms with Gasteiger partial charge in [0, 0.05) is 44.2 Å². The molecule has 0 spiro atoms. The van der Waals surface area contributed by atoms with Crippen molar-refractivity contribution in [3.8, 4) is 22.9 Å². The third-order valence-corrected chi connectivity index (χ3v) is 8.35. The van der Waals surface area contributed by atoms with Gasteiger partial charge in [0.1, 0.15) is 22.7 Å². The number of carbonyl (C=O) groups is 2. The van der Waals surface area contributed by atoms with Crippen molar-refractivity contribution in [3.05, 3.63) is 30.6 Å². The highest BCUT2D eigenvalue weighted by Crippen LogP contribution is 2.43. The lowest BCUT2D eigenvalue weighted by molar-refractivity contribution is -0.117. The summed E-state index contributed by atoms with van der Waals surface area (Å²) in [5, 5.41) is 3.97. The number of amides is 2. The standard InChI is InChI=1S/C30H38N6O5/c1-30(2,3)41-29(38)36-19-12-20(36)16-35(15-19)14-18-9-21(18)27(37)33-25-11-17-10-22(34(4)23(17)13-32-25)26-24(39-5)7-8-31-28(26)40-6/h7-8,10-11,13,18-21H,9,12,14-16H2,1-6H3,(H,32,33,37)/t18-,19?,20?,21+/m0/s1. The Morgan fingerprint density at radius 3 is 2.51 bits per heavy atom. The SMILES string of the molecule is COc1ccnc(OC)c1-c1cc2cc(NC(=O)[C@@H]3C[C@H]3CN3CC4CC(C3)N4C(=O)OC(C)(C)C)ncc2n1C. The number of methoxy groups -OCH3 is 2. The van der Waals surface area contributed by atoms with Gasteiger partial charge in [-0.2, -0.15) is 0 Å². The van der Waals surface area contributed by atoms with E-state index in [4.69, 9.17) is 14.2 Å². The number of hydrogen-bond acceptors (Lipinski definition) is 8. The summed E-state index contributed by atoms with van der Waals surface area (Å²) in [6, 6.07) is 6.12. The van der Waals surface area contributed by atoms with Gasteiger partial charge in [-0.3, -0.25) is 14.6 Å². The Morgan fingerprint density at radius 1 is 1.07 bits per heavy atom. The number of carbonyl (C=O) groups excluding carboxylic acids is 2. The first kappa shape index (κ1) is 27.3. The van der Waals surface area contributed by atoms with Crippen LogP contribution in [0, 0.1) is 11.8 Å². The van der Waals surface area contributed by atoms with Crippen LogP contribution in [0.4, 0.5) is 10.6 Å². The first-order chi connectivity index (χ1) is 19.6. The van der Waals surface area contributed by atoms with Crippen LogP contribution in [0.3, 0.4) is 0 Å². The van der Waals surface area contributed by atoms with Crippen LogP contribution >= 0.6 is 0 Å². The molecule has 3 saturated heterocycles. The zero-order chi connectivity index (χ0) is 29.1. The van der Waals surface area contributed by atoms with Gasteiger partial charge >= 0.3 is 6.09 Å². The summed E-state index contributed by atoms with van der Waals surface area (Å²) in [7, 11) is 5.16. The molecule has 1 aliphatic carbocycles. The number of rotatable bonds is 7. The third-order valence-electron chi connectivity index (χ3n) is 8.35. The van der Waals surface area contributed by atoms with E-state index in [2.05, 4.69) is 20.2 Å². The average molecular weight is 563 g/mol. The highest BCUT2D eigenvalue weighted by Gasteiger charge is 2.51. The van der Waals surface area contributed by atoms with Gasteiger partial charge in [0.05, 0.1) is 43.7 Å². The number of anilines is 1. The van der Waals surface area contributed by atoms with E-state index in [1.165, 1.54) is 0 Å². The molecule has 0 aromatic carbocycles. The van der Waals surface area contributed by atoms with Crippen molar-refractivity contribution in [1.29, 1.82) is 0 Å². The molecular weight excluding hydrogens is 524 g/mol. The molecule has 0 radical (unpaired) electrons. The molecule has 3 aliphatic heterocycles. The molecule has 218 valence electrons. The van der Waals surface area contributed by atoms with Gasteiger partial charge in [-0.1, -0.05) is 0 Å². The third kappa shape index (κ3) is 5.18. The molecule has 41 heavy (non-hydrogen) atoms. The molecule has 4 atom stereocenters. The fourth-order valence-electron chi connectivity index (χ4n) is 6.31. The van der Waals surface area contributed by atoms with Gasteiger partial charge in [-0.05, 0) is 57.7 Å². The Balaban J connectivity index is 1.07. The van der Waals surface area contributed by atoms with E-state index in [-0.39, 0.29) is 30.0 Å². The van der Waals surface area contributed by atoms with Crippen LogP contribution in [0.25, 0.3) is 22.2 Å². The van der Waals surface area contributed by atoms with Crippen LogP contribution in [0.1, 0.15) is 33.6 Å². The van der Waals surface area contributed by atoms with Gasteiger partial charge in [-0.25, -0.2) is 14.8 Å². The van der Waals surface area contributed by atoms with Crippen molar-refractivity contribution >= 4 is 28.7 Å². The molecular formula is C30H38N6O5. The predicted octanol–water partition coefficient (Wildman–Crippen LogP) is 3.92. The first-order valence-corrected chi connectivity index (χ1v) is 14.1. The maximum Gasteiger partial charge on any atom is 0.410 e. The number of aryl methyl sites for hydroxylation is 1. The van der Waals surface area contributed by atoms with Crippen molar-refractivity contribution in [2.75, 3.05) is 39.2 Å². The maximum atomic E-state index is 13.1. The smallest absolute Gasteiger partial charge is 0.410 e. The van der Waals surface area contributed by atoms with E-state index in [1.807, 2.05) is 49.4 Å². The number of piperazine rings is 1. The number of nitrogens with one attached hydrogen (secondary N) is 1. The molecule has 2 amide bonds. The lowest BCUT2D eigenvalue weighted by Gasteiger charge is -2.56. The number of hydrogen-bond donors (Lipinski definition) is 1. The highest BCUT2D eigenvalue weighted by molar-refractivity contribution is 5.96. The molecule has 6 heterocycles. The molecule has 3 aromatic heterocycles. The fourth-order valence-corrected chi connectivity index (χ4v) is 6.31. The van der Waals surface area contributed by atoms with Gasteiger partial charge in [0.2, 0.25) is 11.8 Å². The maximum absolute atomic E-state index is 13.1. The topological polar surface area (TPSA) is 111 Å². The van der Waals surface area contributed by atoms with Gasteiger partial charge in [0.15, 0.2) is 0 Å². The van der Waals surface area contributed by atoms with E-state index in [0.717, 1.165) is 54.6 Å². The molecule has 4 fully saturated rings. The summed E-state index contributed by atoms with van der Waals surface area (Å²) < 4.78 is 18.7. The van der Waals surface area contributed by atoms with Crippen LogP contribution in [-0.2, 0) is 16.6 Å². The lowest BCUT2D eigenvalue weighted by atomic mass is 9.88. The van der Waals surface area contributed by atoms with Crippen molar-refractivity contribution in [2.45, 2.75) is 51.3 Å². The van der Waals surface area contributed by atoms with Gasteiger partial charge in [0.25, 0.3) is 0 Å². The Kier molecular flexibility index (Phi) is 6.80. The number of aromatic nitrogens is 3. The predicted molar refractivity (Wildman–Crippen MR) is 154 cm³/mol. The summed E-state index contributed by atoms with van der Waals surface area (Å²) in [5.74, 6) is 1.96. The minimum Gasteiger partial charge on any atom is -0.496 e. The Hall–Kier alpha value is -3.86. The Morgan fingerprint density at radius 2 is 1.83 bits per heavy atom. The largest absolute Gasteiger partial charge is 0.496 e. The van der Waals surface area contributed by atoms with Crippen LogP contribution in [0.2, 0.25) is 0 Å². The summed E-state index contributed by atoms with van der Waals surface area (Å²) in [6.07, 6.45) is 5.10. The van der Waals surface area contributed by atoms with Crippen LogP contribution < -0.4 is 14.8 Å². The monoisotopic (exact) mass is 562 g/mol. The van der Waals surface area contributed by atoms with Crippen molar-refractivity contribution in [2.24, 2.45) is 18.9 Å². The minimum atomic E-state index is -0.488. The number of ether oxygens (including phenoxy) is 3. The quantitative estimate of drug-likeness (QED) is 0.461. The average Bonchev–Trinajstić information content (AvgIpc) is 3.61. The zero-order valence-electron chi connectivity index (χ0n) is 24.5. The van der Waals surface area contributed by atoms with Crippen LogP contribution in [-0.4, -0.2) is 87.9 Å². The number of pyridine rings is 2. The van der Waals surface area contributed by atoms with Gasteiger partial charge in [-0.15, -0.1) is 0 Å². The normalized spacial score (nSPS) is 23.6. The summed E-state index contributed by atoms with van der Waals surface area (Å²) in [4.78, 5) is 38.8. The zero-order valence-corrected chi connectivity index (χ0v) is 24.5. The molecule has 11 nitrogen and oxygen atoms in total. The summed E-state index contributed by atoms with van der Waals surface area (Å²) in [5.41, 5.74) is 2.06. The van der Waals surface area contributed by atoms with Gasteiger partial charge < -0.3 is 24.1 Å². The second kappa shape index (κ2) is 10.2. The number of fused-ring (bicyclic) bond motifs is 3. The molecule has 11 heteroatoms. The van der Waals surface area contributed by atoms with E-state index in [9.17, 15) is 9.59 Å². The summed E-state index contributed by atoms with van der Waals surface area (Å²) >= 11 is 0. The van der Waals surface area contributed by atoms with Crippen molar-refractivity contribution < 1.29 is 23.8 Å². The minimum absolute atomic E-state index is 0.00570. The second-order valence-corrected chi connectivity index (χ2v) is 12.4. The lowest BCUT2D eigenvalue weighted by Crippen LogP contribution is -2.70.